The van der Waals surface area contributed by atoms with E-state index < -0.39 is 0 Å². The molecule has 1 aromatic heterocycles. The number of amides is 1. The van der Waals surface area contributed by atoms with Gasteiger partial charge in [-0.05, 0) is 39.2 Å². The van der Waals surface area contributed by atoms with Gasteiger partial charge in [0.25, 0.3) is 0 Å². The molecule has 1 fully saturated rings. The van der Waals surface area contributed by atoms with Crippen LogP contribution < -0.4 is 0 Å². The normalized spacial score (nSPS) is 21.9. The van der Waals surface area contributed by atoms with Crippen LogP contribution in [0.2, 0.25) is 0 Å². The van der Waals surface area contributed by atoms with Crippen molar-refractivity contribution >= 4 is 5.91 Å². The molecule has 2 aliphatic rings. The van der Waals surface area contributed by atoms with Crippen molar-refractivity contribution in [3.63, 3.8) is 0 Å². The summed E-state index contributed by atoms with van der Waals surface area (Å²) in [5, 5.41) is 11.0. The number of aryl methyl sites for hydroxylation is 1. The highest BCUT2D eigenvalue weighted by Crippen LogP contribution is 2.30. The summed E-state index contributed by atoms with van der Waals surface area (Å²) in [5.41, 5.74) is 1.83. The summed E-state index contributed by atoms with van der Waals surface area (Å²) in [7, 11) is 4.05. The lowest BCUT2D eigenvalue weighted by Gasteiger charge is -2.27. The van der Waals surface area contributed by atoms with Crippen LogP contribution in [-0.4, -0.2) is 64.3 Å². The Morgan fingerprint density at radius 2 is 2.05 bits per heavy atom. The predicted molar refractivity (Wildman–Crippen MR) is 75.4 cm³/mol. The van der Waals surface area contributed by atoms with Gasteiger partial charge in [0.1, 0.15) is 0 Å². The number of H-pyrrole nitrogens is 1. The average Bonchev–Trinajstić information content (AvgIpc) is 3.20. The third-order valence-electron chi connectivity index (χ3n) is 4.52. The highest BCUT2D eigenvalue weighted by atomic mass is 16.2. The van der Waals surface area contributed by atoms with Gasteiger partial charge in [0.15, 0.2) is 0 Å². The van der Waals surface area contributed by atoms with Crippen LogP contribution >= 0.6 is 0 Å². The lowest BCUT2D eigenvalue weighted by molar-refractivity contribution is -0.132. The second-order valence-electron chi connectivity index (χ2n) is 6.07. The number of likely N-dealkylation sites (N-methyl/N-ethyl adjacent to an activating group) is 2. The van der Waals surface area contributed by atoms with Crippen LogP contribution in [0.4, 0.5) is 0 Å². The summed E-state index contributed by atoms with van der Waals surface area (Å²) in [5.74, 6) is 0.0813. The summed E-state index contributed by atoms with van der Waals surface area (Å²) in [6.45, 7) is 1.74. The smallest absolute Gasteiger partial charge is 0.231 e. The summed E-state index contributed by atoms with van der Waals surface area (Å²) >= 11 is 0. The van der Waals surface area contributed by atoms with E-state index in [0.717, 1.165) is 49.8 Å². The molecule has 1 heterocycles. The number of nitrogens with zero attached hydrogens (tertiary/aromatic N) is 4. The monoisotopic (exact) mass is 277 g/mol. The lowest BCUT2D eigenvalue weighted by Crippen LogP contribution is -2.38. The fourth-order valence-corrected chi connectivity index (χ4v) is 2.96. The number of carbonyl (C=O) groups excluding carboxylic acids is 1. The molecule has 0 bridgehead atoms. The second-order valence-corrected chi connectivity index (χ2v) is 6.07. The number of fused-ring (bicyclic) bond motifs is 1. The van der Waals surface area contributed by atoms with Crippen molar-refractivity contribution < 1.29 is 4.79 Å². The number of nitrogens with one attached hydrogen (secondary N) is 1. The standard InChI is InChI=1S/C14H23N5O/c1-18(10-6-7-10)8-9-19(2)14(20)11-4-3-5-12-13(11)16-17-15-12/h10-11H,3-9H2,1-2H3,(H,15,16,17). The van der Waals surface area contributed by atoms with Gasteiger partial charge in [-0.15, -0.1) is 0 Å². The van der Waals surface area contributed by atoms with Gasteiger partial charge in [-0.1, -0.05) is 0 Å². The van der Waals surface area contributed by atoms with E-state index in [-0.39, 0.29) is 11.8 Å². The maximum atomic E-state index is 12.6. The number of rotatable bonds is 5. The van der Waals surface area contributed by atoms with Gasteiger partial charge >= 0.3 is 0 Å². The van der Waals surface area contributed by atoms with Crippen molar-refractivity contribution in [1.29, 1.82) is 0 Å². The first kappa shape index (κ1) is 13.5. The highest BCUT2D eigenvalue weighted by molar-refractivity contribution is 5.83. The SMILES string of the molecule is CN(CCN(C)C1CC1)C(=O)C1CCCc2n[nH]nc21. The number of aromatic amines is 1. The quantitative estimate of drug-likeness (QED) is 0.863. The molecule has 0 radical (unpaired) electrons. The van der Waals surface area contributed by atoms with Gasteiger partial charge in [-0.3, -0.25) is 4.79 Å². The van der Waals surface area contributed by atoms with Crippen LogP contribution in [0.1, 0.15) is 43.0 Å². The highest BCUT2D eigenvalue weighted by Gasteiger charge is 2.32. The maximum Gasteiger partial charge on any atom is 0.231 e. The number of carbonyl (C=O) groups is 1. The molecule has 1 saturated carbocycles. The molecule has 2 aliphatic carbocycles. The molecule has 1 atom stereocenters. The molecule has 0 spiro atoms. The molecule has 0 aromatic carbocycles. The molecule has 3 rings (SSSR count). The average molecular weight is 277 g/mol. The molecule has 1 aromatic rings. The number of hydrogen-bond acceptors (Lipinski definition) is 4. The van der Waals surface area contributed by atoms with Gasteiger partial charge in [0.05, 0.1) is 17.3 Å². The molecule has 6 heteroatoms. The van der Waals surface area contributed by atoms with Crippen LogP contribution in [0, 0.1) is 0 Å². The van der Waals surface area contributed by atoms with E-state index in [1.165, 1.54) is 12.8 Å². The molecule has 0 saturated heterocycles. The van der Waals surface area contributed by atoms with Crippen molar-refractivity contribution in [3.8, 4) is 0 Å². The van der Waals surface area contributed by atoms with Crippen LogP contribution in [0.15, 0.2) is 0 Å². The van der Waals surface area contributed by atoms with Crippen molar-refractivity contribution in [1.82, 2.24) is 25.2 Å². The summed E-state index contributed by atoms with van der Waals surface area (Å²) in [6, 6.07) is 0.746. The molecular formula is C14H23N5O. The second kappa shape index (κ2) is 5.52. The van der Waals surface area contributed by atoms with E-state index in [9.17, 15) is 4.79 Å². The Kier molecular flexibility index (Phi) is 3.74. The predicted octanol–water partition coefficient (Wildman–Crippen LogP) is 0.777. The minimum atomic E-state index is -0.103. The number of hydrogen-bond donors (Lipinski definition) is 1. The zero-order valence-electron chi connectivity index (χ0n) is 12.3. The molecule has 6 nitrogen and oxygen atoms in total. The molecule has 0 aliphatic heterocycles. The Labute approximate surface area is 119 Å². The molecule has 1 amide bonds. The Bertz CT molecular complexity index is 482. The van der Waals surface area contributed by atoms with Crippen LogP contribution in [0.5, 0.6) is 0 Å². The molecule has 1 unspecified atom stereocenters. The Morgan fingerprint density at radius 1 is 1.25 bits per heavy atom. The fraction of sp³-hybridized carbons (Fsp3) is 0.786. The van der Waals surface area contributed by atoms with Gasteiger partial charge < -0.3 is 9.80 Å². The van der Waals surface area contributed by atoms with Crippen LogP contribution in [-0.2, 0) is 11.2 Å². The first-order valence-electron chi connectivity index (χ1n) is 7.51. The first-order chi connectivity index (χ1) is 9.66. The zero-order valence-corrected chi connectivity index (χ0v) is 12.3. The van der Waals surface area contributed by atoms with E-state index in [0.29, 0.717) is 0 Å². The van der Waals surface area contributed by atoms with Gasteiger partial charge in [-0.2, -0.15) is 15.4 Å². The van der Waals surface area contributed by atoms with E-state index in [1.807, 2.05) is 11.9 Å². The molecule has 110 valence electrons. The van der Waals surface area contributed by atoms with Gasteiger partial charge in [-0.25, -0.2) is 0 Å². The lowest BCUT2D eigenvalue weighted by atomic mass is 9.89. The maximum absolute atomic E-state index is 12.6. The minimum Gasteiger partial charge on any atom is -0.344 e. The fourth-order valence-electron chi connectivity index (χ4n) is 2.96. The Morgan fingerprint density at radius 3 is 2.80 bits per heavy atom. The largest absolute Gasteiger partial charge is 0.344 e. The molecular weight excluding hydrogens is 254 g/mol. The van der Waals surface area contributed by atoms with Crippen molar-refractivity contribution in [2.24, 2.45) is 0 Å². The Balaban J connectivity index is 1.58. The van der Waals surface area contributed by atoms with Crippen LogP contribution in [0.3, 0.4) is 0 Å². The third-order valence-corrected chi connectivity index (χ3v) is 4.52. The zero-order chi connectivity index (χ0) is 14.1. The minimum absolute atomic E-state index is 0.103. The Hall–Kier alpha value is -1.43. The van der Waals surface area contributed by atoms with Crippen molar-refractivity contribution in [3.05, 3.63) is 11.4 Å². The topological polar surface area (TPSA) is 65.1 Å². The molecule has 1 N–H and O–H groups in total. The van der Waals surface area contributed by atoms with Crippen molar-refractivity contribution in [2.45, 2.75) is 44.1 Å². The summed E-state index contributed by atoms with van der Waals surface area (Å²) in [6.07, 6.45) is 5.45. The number of aromatic nitrogens is 3. The van der Waals surface area contributed by atoms with Crippen molar-refractivity contribution in [2.75, 3.05) is 27.2 Å². The molecule has 20 heavy (non-hydrogen) atoms. The van der Waals surface area contributed by atoms with E-state index in [1.54, 1.807) is 0 Å². The first-order valence-corrected chi connectivity index (χ1v) is 7.51. The van der Waals surface area contributed by atoms with Crippen LogP contribution in [0.25, 0.3) is 0 Å². The van der Waals surface area contributed by atoms with E-state index >= 15 is 0 Å². The summed E-state index contributed by atoms with van der Waals surface area (Å²) in [4.78, 5) is 16.8. The van der Waals surface area contributed by atoms with Gasteiger partial charge in [0, 0.05) is 26.2 Å². The third kappa shape index (κ3) is 2.70. The van der Waals surface area contributed by atoms with E-state index in [4.69, 9.17) is 0 Å². The summed E-state index contributed by atoms with van der Waals surface area (Å²) < 4.78 is 0. The van der Waals surface area contributed by atoms with E-state index in [2.05, 4.69) is 27.4 Å². The van der Waals surface area contributed by atoms with Gasteiger partial charge in [0.2, 0.25) is 5.91 Å².